The number of pyridine rings is 1. The Balaban J connectivity index is 1.27. The molecule has 0 bridgehead atoms. The minimum atomic E-state index is -0.261. The Morgan fingerprint density at radius 3 is 2.81 bits per heavy atom. The molecule has 0 radical (unpaired) electrons. The molecule has 2 aliphatic rings. The lowest BCUT2D eigenvalue weighted by Crippen LogP contribution is -2.38. The highest BCUT2D eigenvalue weighted by atomic mass is 35.5. The standard InChI is InChI=1S/C27H29ClN6O3/c1-16-4-3-5-23(30-16)17(2)31-24(35)15-34-14-19-7-6-18(12-21(19)26(34)36)25-22(28)13-29-27(33-25)32-20-8-10-37-11-9-20/h3-7,12-13,17,20H,8-11,14-15H2,1-2H3,(H,31,35)(H,29,32,33)/t17-/m1/s1. The first-order valence-electron chi connectivity index (χ1n) is 12.4. The van der Waals surface area contributed by atoms with Crippen molar-refractivity contribution < 1.29 is 14.3 Å². The molecule has 1 aromatic carbocycles. The van der Waals surface area contributed by atoms with Gasteiger partial charge in [-0.25, -0.2) is 9.97 Å². The molecule has 192 valence electrons. The first-order valence-corrected chi connectivity index (χ1v) is 12.8. The number of hydrogen-bond acceptors (Lipinski definition) is 7. The molecule has 2 N–H and O–H groups in total. The number of aryl methyl sites for hydroxylation is 1. The molecule has 9 nitrogen and oxygen atoms in total. The summed E-state index contributed by atoms with van der Waals surface area (Å²) >= 11 is 6.44. The molecule has 2 amide bonds. The van der Waals surface area contributed by atoms with Crippen molar-refractivity contribution in [3.8, 4) is 11.3 Å². The number of nitrogens with one attached hydrogen (secondary N) is 2. The molecular weight excluding hydrogens is 492 g/mol. The van der Waals surface area contributed by atoms with E-state index >= 15 is 0 Å². The van der Waals surface area contributed by atoms with Crippen molar-refractivity contribution in [3.05, 3.63) is 70.1 Å². The van der Waals surface area contributed by atoms with Gasteiger partial charge in [0, 0.05) is 42.6 Å². The fourth-order valence-electron chi connectivity index (χ4n) is 4.64. The summed E-state index contributed by atoms with van der Waals surface area (Å²) < 4.78 is 5.41. The van der Waals surface area contributed by atoms with Gasteiger partial charge in [-0.15, -0.1) is 0 Å². The van der Waals surface area contributed by atoms with Crippen molar-refractivity contribution in [1.82, 2.24) is 25.2 Å². The van der Waals surface area contributed by atoms with Crippen molar-refractivity contribution in [1.29, 1.82) is 0 Å². The number of rotatable bonds is 7. The maximum absolute atomic E-state index is 13.2. The zero-order chi connectivity index (χ0) is 25.9. The van der Waals surface area contributed by atoms with Gasteiger partial charge in [-0.1, -0.05) is 29.8 Å². The zero-order valence-electron chi connectivity index (χ0n) is 20.8. The van der Waals surface area contributed by atoms with Crippen LogP contribution in [0.3, 0.4) is 0 Å². The van der Waals surface area contributed by atoms with Crippen LogP contribution in [-0.2, 0) is 16.1 Å². The van der Waals surface area contributed by atoms with Crippen LogP contribution in [0.2, 0.25) is 5.02 Å². The first kappa shape index (κ1) is 25.1. The summed E-state index contributed by atoms with van der Waals surface area (Å²) in [6.07, 6.45) is 3.35. The van der Waals surface area contributed by atoms with Crippen LogP contribution in [0.15, 0.2) is 42.6 Å². The van der Waals surface area contributed by atoms with Crippen LogP contribution in [0.5, 0.6) is 0 Å². The molecule has 37 heavy (non-hydrogen) atoms. The number of carbonyl (C=O) groups excluding carboxylic acids is 2. The number of hydrogen-bond donors (Lipinski definition) is 2. The number of carbonyl (C=O) groups is 2. The lowest BCUT2D eigenvalue weighted by molar-refractivity contribution is -0.122. The van der Waals surface area contributed by atoms with E-state index in [0.717, 1.165) is 35.4 Å². The second kappa shape index (κ2) is 10.8. The number of halogens is 1. The van der Waals surface area contributed by atoms with E-state index in [9.17, 15) is 9.59 Å². The van der Waals surface area contributed by atoms with Gasteiger partial charge in [0.2, 0.25) is 11.9 Å². The lowest BCUT2D eigenvalue weighted by Gasteiger charge is -2.23. The van der Waals surface area contributed by atoms with E-state index in [2.05, 4.69) is 25.6 Å². The zero-order valence-corrected chi connectivity index (χ0v) is 21.6. The molecule has 2 aliphatic heterocycles. The number of benzene rings is 1. The molecule has 0 spiro atoms. The fourth-order valence-corrected chi connectivity index (χ4v) is 4.84. The van der Waals surface area contributed by atoms with Crippen LogP contribution in [0, 0.1) is 6.92 Å². The minimum Gasteiger partial charge on any atom is -0.381 e. The molecule has 1 saturated heterocycles. The van der Waals surface area contributed by atoms with Gasteiger partial charge >= 0.3 is 0 Å². The van der Waals surface area contributed by atoms with Crippen molar-refractivity contribution in [2.24, 2.45) is 0 Å². The first-order chi connectivity index (χ1) is 17.9. The highest BCUT2D eigenvalue weighted by Crippen LogP contribution is 2.31. The van der Waals surface area contributed by atoms with Crippen LogP contribution in [0.25, 0.3) is 11.3 Å². The van der Waals surface area contributed by atoms with E-state index in [1.54, 1.807) is 17.2 Å². The average Bonchev–Trinajstić information content (AvgIpc) is 3.20. The molecule has 3 aromatic rings. The van der Waals surface area contributed by atoms with Crippen LogP contribution in [0.1, 0.15) is 53.1 Å². The van der Waals surface area contributed by atoms with Gasteiger partial charge in [0.15, 0.2) is 0 Å². The summed E-state index contributed by atoms with van der Waals surface area (Å²) in [5, 5.41) is 6.69. The number of ether oxygens (including phenoxy) is 1. The van der Waals surface area contributed by atoms with Crippen LogP contribution in [-0.4, -0.2) is 57.5 Å². The third-order valence-corrected chi connectivity index (χ3v) is 6.90. The Morgan fingerprint density at radius 2 is 2.03 bits per heavy atom. The van der Waals surface area contributed by atoms with Crippen molar-refractivity contribution >= 4 is 29.4 Å². The Labute approximate surface area is 220 Å². The molecule has 10 heteroatoms. The summed E-state index contributed by atoms with van der Waals surface area (Å²) in [5.41, 5.74) is 4.35. The third-order valence-electron chi connectivity index (χ3n) is 6.63. The average molecular weight is 521 g/mol. The Morgan fingerprint density at radius 1 is 1.22 bits per heavy atom. The fraction of sp³-hybridized carbons (Fsp3) is 0.370. The van der Waals surface area contributed by atoms with Crippen molar-refractivity contribution in [2.45, 2.75) is 45.3 Å². The number of anilines is 1. The van der Waals surface area contributed by atoms with Gasteiger partial charge in [0.1, 0.15) is 6.54 Å². The largest absolute Gasteiger partial charge is 0.381 e. The third kappa shape index (κ3) is 5.73. The monoisotopic (exact) mass is 520 g/mol. The minimum absolute atomic E-state index is 0.0353. The maximum Gasteiger partial charge on any atom is 0.254 e. The number of amides is 2. The van der Waals surface area contributed by atoms with Crippen LogP contribution >= 0.6 is 11.6 Å². The second-order valence-corrected chi connectivity index (χ2v) is 9.85. The van der Waals surface area contributed by atoms with E-state index in [1.807, 2.05) is 44.2 Å². The maximum atomic E-state index is 13.2. The summed E-state index contributed by atoms with van der Waals surface area (Å²) in [5.74, 6) is 0.0626. The Kier molecular flexibility index (Phi) is 7.34. The summed E-state index contributed by atoms with van der Waals surface area (Å²) in [4.78, 5) is 40.8. The van der Waals surface area contributed by atoms with Crippen molar-refractivity contribution in [3.63, 3.8) is 0 Å². The number of nitrogens with zero attached hydrogens (tertiary/aromatic N) is 4. The van der Waals surface area contributed by atoms with Gasteiger partial charge in [-0.05, 0) is 50.5 Å². The summed E-state index contributed by atoms with van der Waals surface area (Å²) in [6.45, 7) is 5.54. The summed E-state index contributed by atoms with van der Waals surface area (Å²) in [7, 11) is 0. The predicted molar refractivity (Wildman–Crippen MR) is 140 cm³/mol. The molecule has 0 unspecified atom stereocenters. The van der Waals surface area contributed by atoms with Crippen molar-refractivity contribution in [2.75, 3.05) is 25.1 Å². The molecule has 1 fully saturated rings. The van der Waals surface area contributed by atoms with E-state index in [1.165, 1.54) is 0 Å². The van der Waals surface area contributed by atoms with E-state index < -0.39 is 0 Å². The molecule has 1 atom stereocenters. The number of aromatic nitrogens is 3. The van der Waals surface area contributed by atoms with Gasteiger partial charge in [-0.2, -0.15) is 0 Å². The normalized spacial score (nSPS) is 16.4. The molecule has 0 aliphatic carbocycles. The second-order valence-electron chi connectivity index (χ2n) is 9.45. The van der Waals surface area contributed by atoms with Gasteiger partial charge in [0.25, 0.3) is 5.91 Å². The smallest absolute Gasteiger partial charge is 0.254 e. The highest BCUT2D eigenvalue weighted by molar-refractivity contribution is 6.33. The number of fused-ring (bicyclic) bond motifs is 1. The van der Waals surface area contributed by atoms with E-state index in [4.69, 9.17) is 16.3 Å². The predicted octanol–water partition coefficient (Wildman–Crippen LogP) is 3.92. The molecule has 5 rings (SSSR count). The molecule has 2 aromatic heterocycles. The molecule has 0 saturated carbocycles. The highest BCUT2D eigenvalue weighted by Gasteiger charge is 2.30. The van der Waals surface area contributed by atoms with Gasteiger partial charge < -0.3 is 20.3 Å². The van der Waals surface area contributed by atoms with E-state index in [0.29, 0.717) is 42.0 Å². The Hall–Kier alpha value is -3.56. The van der Waals surface area contributed by atoms with E-state index in [-0.39, 0.29) is 30.4 Å². The van der Waals surface area contributed by atoms with Crippen LogP contribution in [0.4, 0.5) is 5.95 Å². The van der Waals surface area contributed by atoms with Gasteiger partial charge in [0.05, 0.1) is 28.6 Å². The molecular formula is C27H29ClN6O3. The topological polar surface area (TPSA) is 109 Å². The van der Waals surface area contributed by atoms with Gasteiger partial charge in [-0.3, -0.25) is 14.6 Å². The summed E-state index contributed by atoms with van der Waals surface area (Å²) in [6, 6.07) is 11.3. The quantitative estimate of drug-likeness (QED) is 0.486. The lowest BCUT2D eigenvalue weighted by atomic mass is 10.0. The van der Waals surface area contributed by atoms with Crippen LogP contribution < -0.4 is 10.6 Å². The molecule has 4 heterocycles. The Bertz CT molecular complexity index is 1330. The SMILES string of the molecule is Cc1cccc([C@@H](C)NC(=O)CN2Cc3ccc(-c4nc(NC5CCOCC5)ncc4Cl)cc3C2=O)n1.